The van der Waals surface area contributed by atoms with Gasteiger partial charge in [0.1, 0.15) is 0 Å². The van der Waals surface area contributed by atoms with Crippen molar-refractivity contribution in [3.05, 3.63) is 40.8 Å². The molecule has 0 aliphatic heterocycles. The summed E-state index contributed by atoms with van der Waals surface area (Å²) in [6.07, 6.45) is 2.84. The van der Waals surface area contributed by atoms with E-state index in [0.29, 0.717) is 5.92 Å². The largest absolute Gasteiger partial charge is 0.440 e. The summed E-state index contributed by atoms with van der Waals surface area (Å²) in [5.41, 5.74) is 1.05. The summed E-state index contributed by atoms with van der Waals surface area (Å²) < 4.78 is 6.79. The number of hydrogen-bond donors (Lipinski definition) is 0. The number of oxazole rings is 1. The highest BCUT2D eigenvalue weighted by Crippen LogP contribution is 2.26. The lowest BCUT2D eigenvalue weighted by Crippen LogP contribution is -1.89. The van der Waals surface area contributed by atoms with E-state index in [1.807, 2.05) is 24.3 Å². The van der Waals surface area contributed by atoms with Gasteiger partial charge in [0.05, 0.1) is 6.20 Å². The van der Waals surface area contributed by atoms with Crippen molar-refractivity contribution in [2.24, 2.45) is 0 Å². The summed E-state index contributed by atoms with van der Waals surface area (Å²) in [5.74, 6) is 2.02. The fourth-order valence-corrected chi connectivity index (χ4v) is 1.86. The monoisotopic (exact) mass is 279 g/mol. The quantitative estimate of drug-likeness (QED) is 0.820. The molecule has 2 nitrogen and oxygen atoms in total. The molecule has 1 unspecified atom stereocenters. The van der Waals surface area contributed by atoms with E-state index in [0.717, 1.165) is 28.1 Å². The van der Waals surface area contributed by atoms with E-state index in [9.17, 15) is 0 Å². The third-order valence-electron chi connectivity index (χ3n) is 2.67. The van der Waals surface area contributed by atoms with Crippen molar-refractivity contribution in [2.45, 2.75) is 26.2 Å². The molecule has 0 saturated carbocycles. The predicted octanol–water partition coefficient (Wildman–Crippen LogP) is 4.62. The fourth-order valence-electron chi connectivity index (χ4n) is 1.47. The minimum Gasteiger partial charge on any atom is -0.440 e. The molecule has 84 valence electrons. The van der Waals surface area contributed by atoms with Crippen molar-refractivity contribution in [3.8, 4) is 11.3 Å². The lowest BCUT2D eigenvalue weighted by atomic mass is 10.1. The molecule has 0 saturated heterocycles. The van der Waals surface area contributed by atoms with Crippen molar-refractivity contribution in [3.63, 3.8) is 0 Å². The number of benzene rings is 1. The van der Waals surface area contributed by atoms with Gasteiger partial charge in [0.25, 0.3) is 0 Å². The topological polar surface area (TPSA) is 26.0 Å². The maximum absolute atomic E-state index is 5.75. The van der Waals surface area contributed by atoms with Gasteiger partial charge >= 0.3 is 0 Å². The van der Waals surface area contributed by atoms with E-state index in [4.69, 9.17) is 4.42 Å². The van der Waals surface area contributed by atoms with E-state index in [2.05, 4.69) is 34.8 Å². The highest BCUT2D eigenvalue weighted by atomic mass is 79.9. The van der Waals surface area contributed by atoms with Crippen molar-refractivity contribution in [1.29, 1.82) is 0 Å². The van der Waals surface area contributed by atoms with Crippen LogP contribution in [0.15, 0.2) is 39.4 Å². The Hall–Kier alpha value is -1.09. The first kappa shape index (κ1) is 11.4. The van der Waals surface area contributed by atoms with Crippen molar-refractivity contribution in [2.75, 3.05) is 0 Å². The molecule has 3 heteroatoms. The zero-order valence-electron chi connectivity index (χ0n) is 9.40. The maximum Gasteiger partial charge on any atom is 0.197 e. The summed E-state index contributed by atoms with van der Waals surface area (Å²) >= 11 is 3.45. The second-order valence-electron chi connectivity index (χ2n) is 3.88. The predicted molar refractivity (Wildman–Crippen MR) is 68.3 cm³/mol. The molecule has 1 aromatic carbocycles. The van der Waals surface area contributed by atoms with E-state index < -0.39 is 0 Å². The van der Waals surface area contributed by atoms with Crippen LogP contribution in [-0.2, 0) is 0 Å². The van der Waals surface area contributed by atoms with Crippen molar-refractivity contribution < 1.29 is 4.42 Å². The van der Waals surface area contributed by atoms with Crippen LogP contribution in [0.2, 0.25) is 0 Å². The molecule has 1 atom stereocenters. The zero-order chi connectivity index (χ0) is 11.5. The van der Waals surface area contributed by atoms with Gasteiger partial charge in [0.2, 0.25) is 0 Å². The van der Waals surface area contributed by atoms with Gasteiger partial charge in [-0.2, -0.15) is 0 Å². The number of hydrogen-bond acceptors (Lipinski definition) is 2. The maximum atomic E-state index is 5.75. The molecule has 0 aliphatic rings. The second-order valence-corrected chi connectivity index (χ2v) is 4.80. The van der Waals surface area contributed by atoms with Gasteiger partial charge in [-0.15, -0.1) is 0 Å². The molecule has 0 fully saturated rings. The minimum absolute atomic E-state index is 0.376. The lowest BCUT2D eigenvalue weighted by molar-refractivity contribution is 0.462. The molecule has 1 heterocycles. The Bertz CT molecular complexity index is 478. The van der Waals surface area contributed by atoms with Gasteiger partial charge in [0, 0.05) is 16.0 Å². The third kappa shape index (κ3) is 2.35. The van der Waals surface area contributed by atoms with Crippen LogP contribution in [0.25, 0.3) is 11.3 Å². The Balaban J connectivity index is 2.31. The van der Waals surface area contributed by atoms with Crippen LogP contribution < -0.4 is 0 Å². The van der Waals surface area contributed by atoms with Gasteiger partial charge in [-0.05, 0) is 18.6 Å². The molecule has 2 rings (SSSR count). The van der Waals surface area contributed by atoms with Gasteiger partial charge in [-0.25, -0.2) is 4.98 Å². The number of aromatic nitrogens is 1. The normalized spacial score (nSPS) is 12.7. The van der Waals surface area contributed by atoms with Crippen LogP contribution >= 0.6 is 15.9 Å². The first-order chi connectivity index (χ1) is 7.70. The molecule has 2 aromatic rings. The molecular formula is C13H14BrNO. The van der Waals surface area contributed by atoms with Crippen molar-refractivity contribution in [1.82, 2.24) is 4.98 Å². The average Bonchev–Trinajstić information content (AvgIpc) is 2.77. The fraction of sp³-hybridized carbons (Fsp3) is 0.308. The van der Waals surface area contributed by atoms with Crippen LogP contribution in [0.4, 0.5) is 0 Å². The van der Waals surface area contributed by atoms with E-state index >= 15 is 0 Å². The molecule has 0 bridgehead atoms. The Morgan fingerprint density at radius 2 is 2.25 bits per heavy atom. The molecule has 16 heavy (non-hydrogen) atoms. The molecule has 1 aromatic heterocycles. The molecule has 0 spiro atoms. The van der Waals surface area contributed by atoms with Crippen LogP contribution in [0.1, 0.15) is 32.1 Å². The Morgan fingerprint density at radius 3 is 2.94 bits per heavy atom. The molecule has 0 aliphatic carbocycles. The first-order valence-electron chi connectivity index (χ1n) is 5.42. The zero-order valence-corrected chi connectivity index (χ0v) is 11.0. The third-order valence-corrected chi connectivity index (χ3v) is 3.16. The number of nitrogens with zero attached hydrogens (tertiary/aromatic N) is 1. The summed E-state index contributed by atoms with van der Waals surface area (Å²) in [6, 6.07) is 8.03. The van der Waals surface area contributed by atoms with Crippen LogP contribution in [-0.4, -0.2) is 4.98 Å². The highest BCUT2D eigenvalue weighted by Gasteiger charge is 2.11. The summed E-state index contributed by atoms with van der Waals surface area (Å²) in [7, 11) is 0. The SMILES string of the molecule is CCC(C)c1ncc(-c2cccc(Br)c2)o1. The van der Waals surface area contributed by atoms with Gasteiger partial charge in [0.15, 0.2) is 11.7 Å². The van der Waals surface area contributed by atoms with E-state index in [1.165, 1.54) is 0 Å². The van der Waals surface area contributed by atoms with Crippen LogP contribution in [0.3, 0.4) is 0 Å². The number of halogens is 1. The van der Waals surface area contributed by atoms with E-state index in [-0.39, 0.29) is 0 Å². The Kier molecular flexibility index (Phi) is 3.44. The first-order valence-corrected chi connectivity index (χ1v) is 6.21. The second kappa shape index (κ2) is 4.83. The average molecular weight is 280 g/mol. The van der Waals surface area contributed by atoms with Crippen LogP contribution in [0, 0.1) is 0 Å². The van der Waals surface area contributed by atoms with Gasteiger partial charge < -0.3 is 4.42 Å². The summed E-state index contributed by atoms with van der Waals surface area (Å²) in [6.45, 7) is 4.25. The van der Waals surface area contributed by atoms with Crippen LogP contribution in [0.5, 0.6) is 0 Å². The van der Waals surface area contributed by atoms with Crippen molar-refractivity contribution >= 4 is 15.9 Å². The van der Waals surface area contributed by atoms with E-state index in [1.54, 1.807) is 6.20 Å². The smallest absolute Gasteiger partial charge is 0.197 e. The Morgan fingerprint density at radius 1 is 1.44 bits per heavy atom. The van der Waals surface area contributed by atoms with Gasteiger partial charge in [-0.1, -0.05) is 41.9 Å². The van der Waals surface area contributed by atoms with Gasteiger partial charge in [-0.3, -0.25) is 0 Å². The highest BCUT2D eigenvalue weighted by molar-refractivity contribution is 9.10. The molecule has 0 N–H and O–H groups in total. The molecular weight excluding hydrogens is 266 g/mol. The molecule has 0 amide bonds. The number of rotatable bonds is 3. The Labute approximate surface area is 104 Å². The summed E-state index contributed by atoms with van der Waals surface area (Å²) in [5, 5.41) is 0. The minimum atomic E-state index is 0.376. The standard InChI is InChI=1S/C13H14BrNO/c1-3-9(2)13-15-8-12(16-13)10-5-4-6-11(14)7-10/h4-9H,3H2,1-2H3. The molecule has 0 radical (unpaired) electrons. The lowest BCUT2D eigenvalue weighted by Gasteiger charge is -2.01. The summed E-state index contributed by atoms with van der Waals surface area (Å²) in [4.78, 5) is 4.31.